The number of hydrogen-bond donors (Lipinski definition) is 1. The van der Waals surface area contributed by atoms with Gasteiger partial charge in [-0.1, -0.05) is 19.8 Å². The summed E-state index contributed by atoms with van der Waals surface area (Å²) < 4.78 is 11.4. The minimum absolute atomic E-state index is 0.434. The maximum Gasteiger partial charge on any atom is 0.0599 e. The van der Waals surface area contributed by atoms with Crippen molar-refractivity contribution in [1.82, 2.24) is 5.32 Å². The lowest BCUT2D eigenvalue weighted by Gasteiger charge is -2.28. The highest BCUT2D eigenvalue weighted by Gasteiger charge is 2.21. The van der Waals surface area contributed by atoms with Gasteiger partial charge in [-0.15, -0.1) is 0 Å². The normalized spacial score (nSPS) is 24.3. The summed E-state index contributed by atoms with van der Waals surface area (Å²) in [7, 11) is 1.82. The molecule has 1 saturated carbocycles. The number of ether oxygens (including phenoxy) is 2. The van der Waals surface area contributed by atoms with E-state index in [2.05, 4.69) is 12.2 Å². The van der Waals surface area contributed by atoms with Gasteiger partial charge in [0.05, 0.1) is 12.2 Å². The molecule has 0 bridgehead atoms. The first-order valence-corrected chi connectivity index (χ1v) is 7.72. The first-order valence-electron chi connectivity index (χ1n) is 7.72. The van der Waals surface area contributed by atoms with Crippen molar-refractivity contribution in [3.8, 4) is 0 Å². The van der Waals surface area contributed by atoms with Crippen molar-refractivity contribution in [2.75, 3.05) is 26.8 Å². The molecule has 0 amide bonds. The van der Waals surface area contributed by atoms with Gasteiger partial charge >= 0.3 is 0 Å². The number of rotatable bonds is 10. The molecule has 0 aliphatic heterocycles. The largest absolute Gasteiger partial charge is 0.381 e. The van der Waals surface area contributed by atoms with Crippen molar-refractivity contribution in [2.24, 2.45) is 0 Å². The van der Waals surface area contributed by atoms with Crippen LogP contribution in [0.2, 0.25) is 0 Å². The fourth-order valence-corrected chi connectivity index (χ4v) is 2.60. The quantitative estimate of drug-likeness (QED) is 0.610. The van der Waals surface area contributed by atoms with Gasteiger partial charge in [-0.3, -0.25) is 0 Å². The van der Waals surface area contributed by atoms with E-state index < -0.39 is 0 Å². The topological polar surface area (TPSA) is 30.5 Å². The van der Waals surface area contributed by atoms with Gasteiger partial charge in [-0.25, -0.2) is 0 Å². The third kappa shape index (κ3) is 7.34. The molecule has 1 N–H and O–H groups in total. The van der Waals surface area contributed by atoms with E-state index in [1.165, 1.54) is 44.9 Å². The van der Waals surface area contributed by atoms with Crippen molar-refractivity contribution in [3.05, 3.63) is 0 Å². The average molecular weight is 257 g/mol. The van der Waals surface area contributed by atoms with Gasteiger partial charge in [0.2, 0.25) is 0 Å². The van der Waals surface area contributed by atoms with Gasteiger partial charge in [0.15, 0.2) is 0 Å². The summed E-state index contributed by atoms with van der Waals surface area (Å²) in [5.74, 6) is 0. The van der Waals surface area contributed by atoms with Crippen LogP contribution in [0.25, 0.3) is 0 Å². The van der Waals surface area contributed by atoms with E-state index in [1.807, 2.05) is 7.11 Å². The van der Waals surface area contributed by atoms with Gasteiger partial charge < -0.3 is 14.8 Å². The summed E-state index contributed by atoms with van der Waals surface area (Å²) in [5, 5.41) is 3.36. The molecule has 0 radical (unpaired) electrons. The van der Waals surface area contributed by atoms with Crippen LogP contribution in [0, 0.1) is 0 Å². The molecule has 1 aliphatic rings. The van der Waals surface area contributed by atoms with Gasteiger partial charge in [-0.05, 0) is 51.6 Å². The Kier molecular flexibility index (Phi) is 9.54. The second-order valence-corrected chi connectivity index (χ2v) is 5.28. The molecule has 18 heavy (non-hydrogen) atoms. The highest BCUT2D eigenvalue weighted by Crippen LogP contribution is 2.23. The van der Waals surface area contributed by atoms with E-state index in [1.54, 1.807) is 0 Å². The Hall–Kier alpha value is -0.120. The molecule has 0 saturated heterocycles. The van der Waals surface area contributed by atoms with E-state index in [-0.39, 0.29) is 0 Å². The van der Waals surface area contributed by atoms with E-state index in [9.17, 15) is 0 Å². The molecule has 2 atom stereocenters. The lowest BCUT2D eigenvalue weighted by molar-refractivity contribution is -0.0303. The Morgan fingerprint density at radius 1 is 1.06 bits per heavy atom. The van der Waals surface area contributed by atoms with Crippen molar-refractivity contribution < 1.29 is 9.47 Å². The smallest absolute Gasteiger partial charge is 0.0599 e. The molecule has 0 spiro atoms. The molecule has 1 fully saturated rings. The van der Waals surface area contributed by atoms with Crippen LogP contribution in [-0.2, 0) is 9.47 Å². The molecule has 1 rings (SSSR count). The summed E-state index contributed by atoms with van der Waals surface area (Å²) in [6.07, 6.45) is 10.8. The molecule has 0 aromatic heterocycles. The van der Waals surface area contributed by atoms with Crippen LogP contribution in [0.1, 0.15) is 58.3 Å². The van der Waals surface area contributed by atoms with Crippen molar-refractivity contribution in [2.45, 2.75) is 70.5 Å². The fourth-order valence-electron chi connectivity index (χ4n) is 2.60. The summed E-state index contributed by atoms with van der Waals surface area (Å²) >= 11 is 0. The van der Waals surface area contributed by atoms with Crippen LogP contribution in [-0.4, -0.2) is 39.0 Å². The molecule has 0 heterocycles. The molecular weight excluding hydrogens is 226 g/mol. The van der Waals surface area contributed by atoms with Crippen molar-refractivity contribution in [1.29, 1.82) is 0 Å². The molecule has 3 nitrogen and oxygen atoms in total. The standard InChI is InChI=1S/C15H31NO2/c1-3-16-11-6-4-5-7-12-18-15-10-8-9-14(13-15)17-2/h14-16H,3-13H2,1-2H3. The third-order valence-electron chi connectivity index (χ3n) is 3.76. The Labute approximate surface area is 113 Å². The van der Waals surface area contributed by atoms with E-state index >= 15 is 0 Å². The molecule has 108 valence electrons. The third-order valence-corrected chi connectivity index (χ3v) is 3.76. The molecule has 3 heteroatoms. The summed E-state index contributed by atoms with van der Waals surface area (Å²) in [4.78, 5) is 0. The molecule has 2 unspecified atom stereocenters. The predicted octanol–water partition coefficient (Wildman–Crippen LogP) is 3.13. The zero-order chi connectivity index (χ0) is 13.1. The average Bonchev–Trinajstić information content (AvgIpc) is 2.42. The second-order valence-electron chi connectivity index (χ2n) is 5.28. The first-order chi connectivity index (χ1) is 8.86. The minimum Gasteiger partial charge on any atom is -0.381 e. The SMILES string of the molecule is CCNCCCCCCOC1CCCC(OC)C1. The van der Waals surface area contributed by atoms with Crippen LogP contribution in [0.5, 0.6) is 0 Å². The van der Waals surface area contributed by atoms with Gasteiger partial charge in [0.25, 0.3) is 0 Å². The Morgan fingerprint density at radius 2 is 1.83 bits per heavy atom. The summed E-state index contributed by atoms with van der Waals surface area (Å²) in [6.45, 7) is 5.34. The zero-order valence-electron chi connectivity index (χ0n) is 12.2. The van der Waals surface area contributed by atoms with Crippen LogP contribution in [0.4, 0.5) is 0 Å². The fraction of sp³-hybridized carbons (Fsp3) is 1.00. The minimum atomic E-state index is 0.434. The van der Waals surface area contributed by atoms with Crippen molar-refractivity contribution >= 4 is 0 Å². The predicted molar refractivity (Wildman–Crippen MR) is 76.0 cm³/mol. The lowest BCUT2D eigenvalue weighted by Crippen LogP contribution is -2.27. The molecule has 0 aromatic carbocycles. The molecule has 1 aliphatic carbocycles. The van der Waals surface area contributed by atoms with Gasteiger partial charge in [0.1, 0.15) is 0 Å². The number of unbranched alkanes of at least 4 members (excludes halogenated alkanes) is 3. The van der Waals surface area contributed by atoms with E-state index in [0.717, 1.165) is 26.1 Å². The number of nitrogens with one attached hydrogen (secondary N) is 1. The van der Waals surface area contributed by atoms with Gasteiger partial charge in [0, 0.05) is 13.7 Å². The number of hydrogen-bond acceptors (Lipinski definition) is 3. The summed E-state index contributed by atoms with van der Waals surface area (Å²) in [5.41, 5.74) is 0. The first kappa shape index (κ1) is 15.9. The lowest BCUT2D eigenvalue weighted by atomic mass is 9.95. The highest BCUT2D eigenvalue weighted by atomic mass is 16.5. The molecular formula is C15H31NO2. The maximum atomic E-state index is 5.95. The molecule has 0 aromatic rings. The number of methoxy groups -OCH3 is 1. The second kappa shape index (κ2) is 10.8. The van der Waals surface area contributed by atoms with E-state index in [4.69, 9.17) is 9.47 Å². The van der Waals surface area contributed by atoms with Crippen LogP contribution < -0.4 is 5.32 Å². The van der Waals surface area contributed by atoms with Crippen LogP contribution >= 0.6 is 0 Å². The Bertz CT molecular complexity index is 187. The monoisotopic (exact) mass is 257 g/mol. The maximum absolute atomic E-state index is 5.95. The van der Waals surface area contributed by atoms with Gasteiger partial charge in [-0.2, -0.15) is 0 Å². The zero-order valence-corrected chi connectivity index (χ0v) is 12.2. The van der Waals surface area contributed by atoms with Crippen LogP contribution in [0.3, 0.4) is 0 Å². The van der Waals surface area contributed by atoms with Crippen LogP contribution in [0.15, 0.2) is 0 Å². The Balaban J connectivity index is 1.88. The van der Waals surface area contributed by atoms with Crippen molar-refractivity contribution in [3.63, 3.8) is 0 Å². The highest BCUT2D eigenvalue weighted by molar-refractivity contribution is 4.73. The summed E-state index contributed by atoms with van der Waals surface area (Å²) in [6, 6.07) is 0. The Morgan fingerprint density at radius 3 is 2.61 bits per heavy atom. The van der Waals surface area contributed by atoms with E-state index in [0.29, 0.717) is 12.2 Å².